The van der Waals surface area contributed by atoms with Gasteiger partial charge in [0.2, 0.25) is 5.91 Å². The monoisotopic (exact) mass is 277 g/mol. The van der Waals surface area contributed by atoms with Crippen molar-refractivity contribution in [3.8, 4) is 0 Å². The summed E-state index contributed by atoms with van der Waals surface area (Å²) in [6.45, 7) is 2.21. The number of carbonyl (C=O) groups is 2. The molecule has 0 aliphatic heterocycles. The van der Waals surface area contributed by atoms with Gasteiger partial charge in [0.05, 0.1) is 12.2 Å². The highest BCUT2D eigenvalue weighted by Gasteiger charge is 2.47. The van der Waals surface area contributed by atoms with E-state index in [2.05, 4.69) is 0 Å². The molecule has 0 bridgehead atoms. The van der Waals surface area contributed by atoms with Gasteiger partial charge >= 0.3 is 5.97 Å². The summed E-state index contributed by atoms with van der Waals surface area (Å²) < 4.78 is 23.7. The summed E-state index contributed by atoms with van der Waals surface area (Å²) >= 11 is 0. The predicted octanol–water partition coefficient (Wildman–Crippen LogP) is 0.134. The number of amides is 1. The minimum atomic E-state index is -3.53. The van der Waals surface area contributed by atoms with E-state index in [0.717, 1.165) is 0 Å². The van der Waals surface area contributed by atoms with E-state index in [1.54, 1.807) is 14.0 Å². The van der Waals surface area contributed by atoms with E-state index in [4.69, 9.17) is 5.11 Å². The van der Waals surface area contributed by atoms with Crippen LogP contribution in [0.5, 0.6) is 0 Å². The third-order valence-corrected chi connectivity index (χ3v) is 4.99. The van der Waals surface area contributed by atoms with Gasteiger partial charge in [0.1, 0.15) is 5.75 Å². The van der Waals surface area contributed by atoms with E-state index in [-0.39, 0.29) is 12.2 Å². The van der Waals surface area contributed by atoms with Crippen molar-refractivity contribution in [2.45, 2.75) is 26.2 Å². The van der Waals surface area contributed by atoms with E-state index in [1.165, 1.54) is 4.90 Å². The molecule has 18 heavy (non-hydrogen) atoms. The second-order valence-corrected chi connectivity index (χ2v) is 7.08. The zero-order chi connectivity index (χ0) is 14.0. The van der Waals surface area contributed by atoms with E-state index >= 15 is 0 Å². The fourth-order valence-corrected chi connectivity index (χ4v) is 3.88. The average Bonchev–Trinajstić information content (AvgIpc) is 2.92. The van der Waals surface area contributed by atoms with Gasteiger partial charge < -0.3 is 10.0 Å². The third-order valence-electron chi connectivity index (χ3n) is 3.25. The normalized spacial score (nSPS) is 17.2. The Morgan fingerprint density at radius 1 is 1.33 bits per heavy atom. The molecular weight excluding hydrogens is 258 g/mol. The van der Waals surface area contributed by atoms with Crippen molar-refractivity contribution in [2.75, 3.05) is 25.1 Å². The Kier molecular flexibility index (Phi) is 4.37. The largest absolute Gasteiger partial charge is 0.481 e. The van der Waals surface area contributed by atoms with E-state index in [0.29, 0.717) is 19.4 Å². The molecule has 0 heterocycles. The Morgan fingerprint density at radius 3 is 2.28 bits per heavy atom. The predicted molar refractivity (Wildman–Crippen MR) is 65.9 cm³/mol. The van der Waals surface area contributed by atoms with Crippen molar-refractivity contribution in [3.05, 3.63) is 0 Å². The lowest BCUT2D eigenvalue weighted by Crippen LogP contribution is -2.34. The molecular formula is C11H19NO5S. The molecule has 7 heteroatoms. The van der Waals surface area contributed by atoms with Crippen LogP contribution in [-0.4, -0.2) is 55.4 Å². The fraction of sp³-hybridized carbons (Fsp3) is 0.818. The molecule has 1 fully saturated rings. The van der Waals surface area contributed by atoms with Gasteiger partial charge in [0.15, 0.2) is 9.84 Å². The molecule has 0 radical (unpaired) electrons. The maximum Gasteiger partial charge on any atom is 0.303 e. The number of carboxylic acids is 1. The Bertz CT molecular complexity index is 438. The molecule has 0 atom stereocenters. The van der Waals surface area contributed by atoms with E-state index in [1.807, 2.05) is 0 Å². The number of rotatable bonds is 7. The second kappa shape index (κ2) is 5.26. The van der Waals surface area contributed by atoms with E-state index in [9.17, 15) is 18.0 Å². The second-order valence-electron chi connectivity index (χ2n) is 5.01. The first-order valence-electron chi connectivity index (χ1n) is 5.86. The molecule has 0 aromatic heterocycles. The van der Waals surface area contributed by atoms with Crippen molar-refractivity contribution in [1.29, 1.82) is 0 Å². The van der Waals surface area contributed by atoms with Crippen LogP contribution in [0.4, 0.5) is 0 Å². The highest BCUT2D eigenvalue weighted by Crippen LogP contribution is 2.49. The Hall–Kier alpha value is -1.11. The number of carboxylic acid groups (broad SMARTS) is 1. The average molecular weight is 277 g/mol. The maximum absolute atomic E-state index is 11.9. The molecule has 1 aliphatic carbocycles. The lowest BCUT2D eigenvalue weighted by Gasteiger charge is -2.16. The molecule has 104 valence electrons. The van der Waals surface area contributed by atoms with Gasteiger partial charge in [-0.1, -0.05) is 0 Å². The van der Waals surface area contributed by atoms with Crippen molar-refractivity contribution < 1.29 is 23.1 Å². The summed E-state index contributed by atoms with van der Waals surface area (Å²) in [5, 5.41) is 8.72. The molecule has 1 N–H and O–H groups in total. The lowest BCUT2D eigenvalue weighted by atomic mass is 10.1. The van der Waals surface area contributed by atoms with E-state index < -0.39 is 32.9 Å². The fourth-order valence-electron chi connectivity index (χ4n) is 1.86. The zero-order valence-corrected chi connectivity index (χ0v) is 11.5. The minimum absolute atomic E-state index is 0.135. The number of carbonyl (C=O) groups excluding carboxylic acids is 1. The maximum atomic E-state index is 11.9. The van der Waals surface area contributed by atoms with Gasteiger partial charge in [0.25, 0.3) is 0 Å². The smallest absolute Gasteiger partial charge is 0.303 e. The first kappa shape index (κ1) is 14.9. The van der Waals surface area contributed by atoms with Gasteiger partial charge in [-0.15, -0.1) is 0 Å². The molecule has 0 aromatic carbocycles. The molecule has 6 nitrogen and oxygen atoms in total. The first-order valence-corrected chi connectivity index (χ1v) is 7.68. The van der Waals surface area contributed by atoms with Crippen LogP contribution in [0.1, 0.15) is 26.2 Å². The van der Waals surface area contributed by atoms with Gasteiger partial charge in [0, 0.05) is 13.6 Å². The number of nitrogens with zero attached hydrogens (tertiary/aromatic N) is 1. The molecule has 1 saturated carbocycles. The Labute approximate surface area is 107 Å². The summed E-state index contributed by atoms with van der Waals surface area (Å²) in [6, 6.07) is 0. The molecule has 1 rings (SSSR count). The number of hydrogen-bond donors (Lipinski definition) is 1. The summed E-state index contributed by atoms with van der Waals surface area (Å²) in [4.78, 5) is 23.5. The highest BCUT2D eigenvalue weighted by atomic mass is 32.2. The van der Waals surface area contributed by atoms with Crippen LogP contribution in [0.3, 0.4) is 0 Å². The number of aliphatic carboxylic acids is 1. The summed E-state index contributed by atoms with van der Waals surface area (Å²) in [7, 11) is -1.99. The third kappa shape index (κ3) is 4.29. The summed E-state index contributed by atoms with van der Waals surface area (Å²) in [5.41, 5.74) is -0.629. The van der Waals surface area contributed by atoms with Gasteiger partial charge in [-0.3, -0.25) is 9.59 Å². The Balaban J connectivity index is 2.60. The standard InChI is InChI=1S/C11H19NO5S/c1-3-12(2)9(13)7-18(16,17)8-11(4-5-11)6-10(14)15/h3-8H2,1-2H3,(H,14,15). The molecule has 1 amide bonds. The topological polar surface area (TPSA) is 91.8 Å². The van der Waals surface area contributed by atoms with Crippen LogP contribution >= 0.6 is 0 Å². The summed E-state index contributed by atoms with van der Waals surface area (Å²) in [6.07, 6.45) is 1.08. The molecule has 0 spiro atoms. The van der Waals surface area contributed by atoms with Crippen molar-refractivity contribution in [1.82, 2.24) is 4.90 Å². The van der Waals surface area contributed by atoms with Gasteiger partial charge in [-0.2, -0.15) is 0 Å². The molecule has 0 unspecified atom stereocenters. The molecule has 0 saturated heterocycles. The van der Waals surface area contributed by atoms with Crippen LogP contribution < -0.4 is 0 Å². The van der Waals surface area contributed by atoms with Crippen molar-refractivity contribution in [2.24, 2.45) is 5.41 Å². The van der Waals surface area contributed by atoms with Crippen LogP contribution in [-0.2, 0) is 19.4 Å². The minimum Gasteiger partial charge on any atom is -0.481 e. The zero-order valence-electron chi connectivity index (χ0n) is 10.7. The SMILES string of the molecule is CCN(C)C(=O)CS(=O)(=O)CC1(CC(=O)O)CC1. The van der Waals surface area contributed by atoms with Gasteiger partial charge in [-0.05, 0) is 25.2 Å². The first-order chi connectivity index (χ1) is 8.20. The Morgan fingerprint density at radius 2 is 1.89 bits per heavy atom. The number of hydrogen-bond acceptors (Lipinski definition) is 4. The van der Waals surface area contributed by atoms with Crippen LogP contribution in [0.2, 0.25) is 0 Å². The molecule has 0 aromatic rings. The van der Waals surface area contributed by atoms with Crippen LogP contribution in [0.25, 0.3) is 0 Å². The molecule has 1 aliphatic rings. The van der Waals surface area contributed by atoms with Crippen LogP contribution in [0.15, 0.2) is 0 Å². The quantitative estimate of drug-likeness (QED) is 0.714. The van der Waals surface area contributed by atoms with Crippen LogP contribution in [0, 0.1) is 5.41 Å². The number of sulfone groups is 1. The van der Waals surface area contributed by atoms with Crippen molar-refractivity contribution in [3.63, 3.8) is 0 Å². The summed E-state index contributed by atoms with van der Waals surface area (Å²) in [5.74, 6) is -2.16. The lowest BCUT2D eigenvalue weighted by molar-refractivity contribution is -0.138. The van der Waals surface area contributed by atoms with Gasteiger partial charge in [-0.25, -0.2) is 8.42 Å². The van der Waals surface area contributed by atoms with Crippen molar-refractivity contribution >= 4 is 21.7 Å². The highest BCUT2D eigenvalue weighted by molar-refractivity contribution is 7.92.